The van der Waals surface area contributed by atoms with E-state index < -0.39 is 23.5 Å². The van der Waals surface area contributed by atoms with Crippen LogP contribution < -0.4 is 10.6 Å². The summed E-state index contributed by atoms with van der Waals surface area (Å²) < 4.78 is 0. The molecule has 0 aromatic carbocycles. The van der Waals surface area contributed by atoms with Crippen LogP contribution in [-0.2, 0) is 28.9 Å². The zero-order chi connectivity index (χ0) is 22.4. The number of aliphatic hydroxyl groups is 1. The van der Waals surface area contributed by atoms with Crippen molar-refractivity contribution in [1.82, 2.24) is 20.5 Å². The van der Waals surface area contributed by atoms with Gasteiger partial charge in [0.1, 0.15) is 0 Å². The smallest absolute Gasteiger partial charge is 0.329 e. The highest BCUT2D eigenvalue weighted by molar-refractivity contribution is 5.83. The van der Waals surface area contributed by atoms with Crippen molar-refractivity contribution < 1.29 is 24.6 Å². The van der Waals surface area contributed by atoms with Gasteiger partial charge in [0.05, 0.1) is 5.60 Å². The van der Waals surface area contributed by atoms with Gasteiger partial charge in [0.2, 0.25) is 5.91 Å². The number of likely N-dealkylation sites (tertiary alicyclic amines) is 1. The van der Waals surface area contributed by atoms with Gasteiger partial charge in [-0.1, -0.05) is 6.07 Å². The van der Waals surface area contributed by atoms with Crippen LogP contribution >= 0.6 is 0 Å². The summed E-state index contributed by atoms with van der Waals surface area (Å²) in [5, 5.41) is 25.2. The van der Waals surface area contributed by atoms with E-state index in [4.69, 9.17) is 4.98 Å². The van der Waals surface area contributed by atoms with Gasteiger partial charge in [-0.05, 0) is 63.0 Å². The first kappa shape index (κ1) is 23.0. The first-order valence-corrected chi connectivity index (χ1v) is 11.0. The molecule has 1 unspecified atom stereocenters. The monoisotopic (exact) mass is 432 g/mol. The summed E-state index contributed by atoms with van der Waals surface area (Å²) in [5.74, 6) is -1.80. The summed E-state index contributed by atoms with van der Waals surface area (Å²) in [6.45, 7) is 2.17. The number of aliphatic carboxylic acids is 1. The second-order valence-corrected chi connectivity index (χ2v) is 8.51. The normalized spacial score (nSPS) is 18.6. The molecule has 9 nitrogen and oxygen atoms in total. The van der Waals surface area contributed by atoms with Crippen LogP contribution in [-0.4, -0.2) is 69.3 Å². The SMILES string of the molecule is CC(=O)NC(C(=O)O)C1(O)CCN(C(=O)NCCCc2ccc3c(n2)CCCC3)CC1. The van der Waals surface area contributed by atoms with Gasteiger partial charge in [-0.25, -0.2) is 9.59 Å². The molecule has 0 bridgehead atoms. The number of nitrogens with one attached hydrogen (secondary N) is 2. The molecule has 3 rings (SSSR count). The number of nitrogens with zero attached hydrogens (tertiary/aromatic N) is 2. The molecule has 170 valence electrons. The molecule has 1 saturated heterocycles. The van der Waals surface area contributed by atoms with E-state index in [1.165, 1.54) is 31.0 Å². The fraction of sp³-hybridized carbons (Fsp3) is 0.636. The molecular formula is C22H32N4O5. The number of carbonyl (C=O) groups is 3. The number of fused-ring (bicyclic) bond motifs is 1. The number of carbonyl (C=O) groups excluding carboxylic acids is 2. The predicted octanol–water partition coefficient (Wildman–Crippen LogP) is 1.02. The van der Waals surface area contributed by atoms with Crippen molar-refractivity contribution in [1.29, 1.82) is 0 Å². The van der Waals surface area contributed by atoms with E-state index in [0.29, 0.717) is 6.54 Å². The fourth-order valence-corrected chi connectivity index (χ4v) is 4.36. The van der Waals surface area contributed by atoms with Crippen molar-refractivity contribution in [2.45, 2.75) is 69.9 Å². The molecule has 1 atom stereocenters. The van der Waals surface area contributed by atoms with E-state index in [0.717, 1.165) is 31.4 Å². The standard InChI is InChI=1S/C22H32N4O5/c1-15(27)24-19(20(28)29)22(31)10-13-26(14-11-22)21(30)23-12-4-6-17-9-8-16-5-2-3-7-18(16)25-17/h8-9,19,31H,2-7,10-14H2,1H3,(H,23,30)(H,24,27)(H,28,29). The molecule has 0 spiro atoms. The van der Waals surface area contributed by atoms with Gasteiger partial charge in [0.15, 0.2) is 6.04 Å². The van der Waals surface area contributed by atoms with Crippen molar-refractivity contribution >= 4 is 17.9 Å². The van der Waals surface area contributed by atoms with E-state index in [1.54, 1.807) is 4.90 Å². The van der Waals surface area contributed by atoms with Crippen LogP contribution in [0.5, 0.6) is 0 Å². The van der Waals surface area contributed by atoms with Crippen LogP contribution in [0, 0.1) is 0 Å². The fourth-order valence-electron chi connectivity index (χ4n) is 4.36. The second-order valence-electron chi connectivity index (χ2n) is 8.51. The molecule has 1 aliphatic carbocycles. The summed E-state index contributed by atoms with van der Waals surface area (Å²) >= 11 is 0. The Bertz CT molecular complexity index is 820. The summed E-state index contributed by atoms with van der Waals surface area (Å²) in [6, 6.07) is 2.63. The molecule has 1 aromatic rings. The number of hydrogen-bond donors (Lipinski definition) is 4. The largest absolute Gasteiger partial charge is 0.480 e. The lowest BCUT2D eigenvalue weighted by molar-refractivity contribution is -0.152. The van der Waals surface area contributed by atoms with E-state index >= 15 is 0 Å². The third kappa shape index (κ3) is 5.94. The highest BCUT2D eigenvalue weighted by atomic mass is 16.4. The van der Waals surface area contributed by atoms with Gasteiger partial charge in [0, 0.05) is 37.9 Å². The Balaban J connectivity index is 1.42. The van der Waals surface area contributed by atoms with Crippen molar-refractivity contribution in [3.63, 3.8) is 0 Å². The number of aryl methyl sites for hydroxylation is 3. The van der Waals surface area contributed by atoms with E-state index in [-0.39, 0.29) is 32.0 Å². The number of carboxylic acid groups (broad SMARTS) is 1. The Morgan fingerprint density at radius 3 is 2.58 bits per heavy atom. The van der Waals surface area contributed by atoms with Crippen LogP contribution in [0.25, 0.3) is 0 Å². The molecule has 4 N–H and O–H groups in total. The van der Waals surface area contributed by atoms with E-state index in [1.807, 2.05) is 0 Å². The lowest BCUT2D eigenvalue weighted by Gasteiger charge is -2.41. The third-order valence-electron chi connectivity index (χ3n) is 6.17. The van der Waals surface area contributed by atoms with Gasteiger partial charge in [0.25, 0.3) is 0 Å². The highest BCUT2D eigenvalue weighted by Gasteiger charge is 2.45. The summed E-state index contributed by atoms with van der Waals surface area (Å²) in [7, 11) is 0. The molecule has 2 aliphatic rings. The first-order valence-electron chi connectivity index (χ1n) is 11.0. The van der Waals surface area contributed by atoms with Crippen molar-refractivity contribution in [3.05, 3.63) is 29.1 Å². The Morgan fingerprint density at radius 2 is 1.90 bits per heavy atom. The molecule has 9 heteroatoms. The van der Waals surface area contributed by atoms with Crippen LogP contribution in [0.4, 0.5) is 4.79 Å². The minimum Gasteiger partial charge on any atom is -0.480 e. The molecule has 2 heterocycles. The zero-order valence-electron chi connectivity index (χ0n) is 18.0. The second kappa shape index (κ2) is 10.1. The number of urea groups is 1. The quantitative estimate of drug-likeness (QED) is 0.476. The number of rotatable bonds is 7. The number of pyridine rings is 1. The first-order chi connectivity index (χ1) is 14.8. The van der Waals surface area contributed by atoms with Crippen LogP contribution in [0.2, 0.25) is 0 Å². The third-order valence-corrected chi connectivity index (χ3v) is 6.17. The maximum Gasteiger partial charge on any atom is 0.329 e. The maximum absolute atomic E-state index is 12.4. The van der Waals surface area contributed by atoms with Gasteiger partial charge in [-0.3, -0.25) is 9.78 Å². The molecular weight excluding hydrogens is 400 g/mol. The van der Waals surface area contributed by atoms with Gasteiger partial charge in [-0.15, -0.1) is 0 Å². The average Bonchev–Trinajstić information content (AvgIpc) is 2.75. The van der Waals surface area contributed by atoms with Crippen LogP contribution in [0.3, 0.4) is 0 Å². The van der Waals surface area contributed by atoms with Crippen molar-refractivity contribution in [3.8, 4) is 0 Å². The van der Waals surface area contributed by atoms with Crippen LogP contribution in [0.15, 0.2) is 12.1 Å². The maximum atomic E-state index is 12.4. The van der Waals surface area contributed by atoms with Gasteiger partial charge < -0.3 is 25.7 Å². The lowest BCUT2D eigenvalue weighted by atomic mass is 9.84. The van der Waals surface area contributed by atoms with Crippen molar-refractivity contribution in [2.24, 2.45) is 0 Å². The molecule has 3 amide bonds. The van der Waals surface area contributed by atoms with Gasteiger partial charge in [-0.2, -0.15) is 0 Å². The molecule has 31 heavy (non-hydrogen) atoms. The number of piperidine rings is 1. The van der Waals surface area contributed by atoms with Crippen LogP contribution in [0.1, 0.15) is 56.0 Å². The van der Waals surface area contributed by atoms with Gasteiger partial charge >= 0.3 is 12.0 Å². The number of carboxylic acids is 1. The topological polar surface area (TPSA) is 132 Å². The molecule has 1 aromatic heterocycles. The summed E-state index contributed by atoms with van der Waals surface area (Å²) in [6.07, 6.45) is 6.32. The number of aromatic nitrogens is 1. The Kier molecular flexibility index (Phi) is 7.48. The van der Waals surface area contributed by atoms with E-state index in [9.17, 15) is 24.6 Å². The van der Waals surface area contributed by atoms with Crippen molar-refractivity contribution in [2.75, 3.05) is 19.6 Å². The molecule has 1 aliphatic heterocycles. The van der Waals surface area contributed by atoms with E-state index in [2.05, 4.69) is 22.8 Å². The average molecular weight is 433 g/mol. The summed E-state index contributed by atoms with van der Waals surface area (Å²) in [4.78, 5) is 41.5. The minimum absolute atomic E-state index is 0.0801. The predicted molar refractivity (Wildman–Crippen MR) is 114 cm³/mol. The Morgan fingerprint density at radius 1 is 1.19 bits per heavy atom. The molecule has 1 fully saturated rings. The number of hydrogen-bond acceptors (Lipinski definition) is 5. The molecule has 0 radical (unpaired) electrons. The number of amides is 3. The minimum atomic E-state index is -1.58. The highest BCUT2D eigenvalue weighted by Crippen LogP contribution is 2.26. The lowest BCUT2D eigenvalue weighted by Crippen LogP contribution is -2.61. The Hall–Kier alpha value is -2.68. The summed E-state index contributed by atoms with van der Waals surface area (Å²) in [5.41, 5.74) is 2.05. The zero-order valence-corrected chi connectivity index (χ0v) is 18.0. The Labute approximate surface area is 182 Å². The molecule has 0 saturated carbocycles.